The summed E-state index contributed by atoms with van der Waals surface area (Å²) in [4.78, 5) is 24.4. The maximum Gasteiger partial charge on any atom is 0.228 e. The van der Waals surface area contributed by atoms with E-state index in [1.807, 2.05) is 11.0 Å². The van der Waals surface area contributed by atoms with Crippen LogP contribution in [-0.4, -0.2) is 41.3 Å². The number of pyridine rings is 1. The molecule has 25 heavy (non-hydrogen) atoms. The second kappa shape index (κ2) is 6.28. The number of rotatable bonds is 0. The molecule has 4 heterocycles. The van der Waals surface area contributed by atoms with Crippen molar-refractivity contribution in [3.8, 4) is 0 Å². The number of anilines is 1. The Morgan fingerprint density at radius 1 is 1.16 bits per heavy atom. The summed E-state index contributed by atoms with van der Waals surface area (Å²) in [6.45, 7) is 6.27. The lowest BCUT2D eigenvalue weighted by molar-refractivity contribution is -0.139. The van der Waals surface area contributed by atoms with Crippen molar-refractivity contribution in [3.63, 3.8) is 0 Å². The van der Waals surface area contributed by atoms with Crippen molar-refractivity contribution >= 4 is 17.6 Å². The van der Waals surface area contributed by atoms with Gasteiger partial charge in [-0.05, 0) is 37.0 Å². The highest BCUT2D eigenvalue weighted by Gasteiger charge is 2.37. The highest BCUT2D eigenvalue weighted by atomic mass is 16.2. The molecule has 1 aromatic heterocycles. The van der Waals surface area contributed by atoms with E-state index in [1.54, 1.807) is 0 Å². The van der Waals surface area contributed by atoms with Gasteiger partial charge in [-0.15, -0.1) is 0 Å². The zero-order valence-corrected chi connectivity index (χ0v) is 15.1. The van der Waals surface area contributed by atoms with E-state index < -0.39 is 0 Å². The molecule has 0 aliphatic carbocycles. The fraction of sp³-hybridized carbons (Fsp3) is 0.550. The number of nitrogens with one attached hydrogen (secondary N) is 1. The third kappa shape index (κ3) is 3.20. The molecule has 3 aliphatic rings. The Kier molecular flexibility index (Phi) is 4.10. The molecule has 0 unspecified atom stereocenters. The topological polar surface area (TPSA) is 57.6 Å². The van der Waals surface area contributed by atoms with E-state index >= 15 is 0 Å². The molecule has 0 aromatic carbocycles. The largest absolute Gasteiger partial charge is 0.334 e. The highest BCUT2D eigenvalue weighted by molar-refractivity contribution is 6.11. The zero-order chi connectivity index (χ0) is 17.4. The Morgan fingerprint density at radius 2 is 2.04 bits per heavy atom. The minimum absolute atomic E-state index is 0.273. The number of carbonyl (C=O) groups excluding carboxylic acids is 1. The molecular weight excluding hydrogens is 312 g/mol. The summed E-state index contributed by atoms with van der Waals surface area (Å²) in [7, 11) is 0. The molecule has 1 aromatic rings. The van der Waals surface area contributed by atoms with Crippen LogP contribution in [0.4, 0.5) is 5.82 Å². The average molecular weight is 338 g/mol. The maximum absolute atomic E-state index is 13.0. The molecule has 5 heteroatoms. The molecule has 0 radical (unpaired) electrons. The molecule has 1 N–H and O–H groups in total. The number of aliphatic imine (C=N–C) groups is 1. The van der Waals surface area contributed by atoms with Gasteiger partial charge in [0.25, 0.3) is 0 Å². The fourth-order valence-corrected chi connectivity index (χ4v) is 4.00. The van der Waals surface area contributed by atoms with Crippen LogP contribution in [-0.2, 0) is 11.2 Å². The maximum atomic E-state index is 13.0. The van der Waals surface area contributed by atoms with Crippen molar-refractivity contribution in [1.29, 1.82) is 0 Å². The van der Waals surface area contributed by atoms with Gasteiger partial charge in [0.15, 0.2) is 0 Å². The number of hydrogen-bond donors (Lipinski definition) is 1. The van der Waals surface area contributed by atoms with Crippen molar-refractivity contribution in [2.75, 3.05) is 25.0 Å². The van der Waals surface area contributed by atoms with Gasteiger partial charge in [0.2, 0.25) is 5.91 Å². The Hall–Kier alpha value is -2.17. The van der Waals surface area contributed by atoms with E-state index in [-0.39, 0.29) is 11.3 Å². The van der Waals surface area contributed by atoms with Crippen LogP contribution in [0.3, 0.4) is 0 Å². The van der Waals surface area contributed by atoms with E-state index in [0.717, 1.165) is 56.0 Å². The van der Waals surface area contributed by atoms with Crippen molar-refractivity contribution in [1.82, 2.24) is 9.88 Å². The van der Waals surface area contributed by atoms with Gasteiger partial charge in [0, 0.05) is 29.8 Å². The van der Waals surface area contributed by atoms with Crippen molar-refractivity contribution in [2.24, 2.45) is 10.4 Å². The molecule has 4 bridgehead atoms. The Morgan fingerprint density at radius 3 is 2.92 bits per heavy atom. The van der Waals surface area contributed by atoms with Crippen LogP contribution in [0.15, 0.2) is 34.3 Å². The lowest BCUT2D eigenvalue weighted by Gasteiger charge is -2.30. The molecule has 0 atom stereocenters. The minimum Gasteiger partial charge on any atom is -0.334 e. The normalized spacial score (nSPS) is 23.0. The van der Waals surface area contributed by atoms with Gasteiger partial charge in [0.1, 0.15) is 11.7 Å². The van der Waals surface area contributed by atoms with Crippen LogP contribution >= 0.6 is 0 Å². The Bertz CT molecular complexity index is 763. The smallest absolute Gasteiger partial charge is 0.228 e. The first kappa shape index (κ1) is 16.3. The number of amidine groups is 1. The molecule has 4 rings (SSSR count). The summed E-state index contributed by atoms with van der Waals surface area (Å²) < 4.78 is 0. The van der Waals surface area contributed by atoms with Gasteiger partial charge in [-0.25, -0.2) is 4.98 Å². The molecule has 1 amide bonds. The van der Waals surface area contributed by atoms with Crippen LogP contribution in [0.5, 0.6) is 0 Å². The third-order valence-electron chi connectivity index (χ3n) is 5.53. The van der Waals surface area contributed by atoms with Crippen LogP contribution in [0.2, 0.25) is 0 Å². The van der Waals surface area contributed by atoms with Gasteiger partial charge in [-0.2, -0.15) is 0 Å². The van der Waals surface area contributed by atoms with Crippen LogP contribution < -0.4 is 5.32 Å². The summed E-state index contributed by atoms with van der Waals surface area (Å²) in [5, 5.41) is 3.39. The Labute approximate surface area is 149 Å². The fourth-order valence-electron chi connectivity index (χ4n) is 4.00. The van der Waals surface area contributed by atoms with Gasteiger partial charge in [-0.3, -0.25) is 9.79 Å². The van der Waals surface area contributed by atoms with Crippen molar-refractivity contribution in [3.05, 3.63) is 35.0 Å². The Balaban J connectivity index is 1.62. The number of aromatic nitrogens is 1. The van der Waals surface area contributed by atoms with E-state index in [9.17, 15) is 4.79 Å². The SMILES string of the molecule is CC1(C)CCCCCc2cccc(n2)NC2=NCC3=C2CN(C3)C1=O. The second-order valence-electron chi connectivity index (χ2n) is 7.99. The van der Waals surface area contributed by atoms with Crippen molar-refractivity contribution in [2.45, 2.75) is 46.0 Å². The standard InChI is InChI=1S/C20H26N4O/c1-20(2)10-5-3-4-7-15-8-6-9-17(22-15)23-18-16-13-24(19(20)25)12-14(16)11-21-18/h6,8-9H,3-5,7,10-13H2,1-2H3,(H,21,22,23). The summed E-state index contributed by atoms with van der Waals surface area (Å²) in [6.07, 6.45) is 5.26. The number of amides is 1. The molecule has 0 saturated heterocycles. The predicted octanol–water partition coefficient (Wildman–Crippen LogP) is 3.19. The third-order valence-corrected chi connectivity index (χ3v) is 5.53. The van der Waals surface area contributed by atoms with Gasteiger partial charge in [-0.1, -0.05) is 32.8 Å². The molecule has 0 saturated carbocycles. The summed E-state index contributed by atoms with van der Waals surface area (Å²) in [5.41, 5.74) is 3.29. The van der Waals surface area contributed by atoms with E-state index in [1.165, 1.54) is 11.1 Å². The number of hydrogen-bond acceptors (Lipinski definition) is 4. The average Bonchev–Trinajstić information content (AvgIpc) is 3.15. The van der Waals surface area contributed by atoms with Gasteiger partial charge in [0.05, 0.1) is 6.54 Å². The first-order valence-corrected chi connectivity index (χ1v) is 9.31. The summed E-state index contributed by atoms with van der Waals surface area (Å²) in [5.74, 6) is 2.02. The molecule has 132 valence electrons. The van der Waals surface area contributed by atoms with Crippen LogP contribution in [0.25, 0.3) is 0 Å². The minimum atomic E-state index is -0.291. The van der Waals surface area contributed by atoms with E-state index in [4.69, 9.17) is 4.98 Å². The number of nitrogens with zero attached hydrogens (tertiary/aromatic N) is 3. The lowest BCUT2D eigenvalue weighted by atomic mass is 9.85. The monoisotopic (exact) mass is 338 g/mol. The van der Waals surface area contributed by atoms with Gasteiger partial charge < -0.3 is 10.2 Å². The number of carbonyl (C=O) groups is 1. The number of aryl methyl sites for hydroxylation is 1. The predicted molar refractivity (Wildman–Crippen MR) is 99.7 cm³/mol. The molecule has 0 spiro atoms. The molecule has 0 fully saturated rings. The first-order valence-electron chi connectivity index (χ1n) is 9.31. The zero-order valence-electron chi connectivity index (χ0n) is 15.1. The van der Waals surface area contributed by atoms with Crippen LogP contribution in [0.1, 0.15) is 45.2 Å². The van der Waals surface area contributed by atoms with E-state index in [0.29, 0.717) is 13.1 Å². The second-order valence-corrected chi connectivity index (χ2v) is 7.99. The quantitative estimate of drug-likeness (QED) is 0.790. The van der Waals surface area contributed by atoms with Crippen LogP contribution in [0, 0.1) is 5.41 Å². The summed E-state index contributed by atoms with van der Waals surface area (Å²) in [6, 6.07) is 6.14. The highest BCUT2D eigenvalue weighted by Crippen LogP contribution is 2.32. The molecule has 3 aliphatic heterocycles. The van der Waals surface area contributed by atoms with Crippen molar-refractivity contribution < 1.29 is 4.79 Å². The first-order chi connectivity index (χ1) is 12.0. The molecular formula is C20H26N4O. The van der Waals surface area contributed by atoms with E-state index in [2.05, 4.69) is 36.3 Å². The molecule has 5 nitrogen and oxygen atoms in total. The number of fused-ring (bicyclic) bond motifs is 3. The summed E-state index contributed by atoms with van der Waals surface area (Å²) >= 11 is 0. The lowest BCUT2D eigenvalue weighted by Crippen LogP contribution is -2.41. The van der Waals surface area contributed by atoms with Gasteiger partial charge >= 0.3 is 0 Å².